The van der Waals surface area contributed by atoms with E-state index in [1.165, 1.54) is 0 Å². The van der Waals surface area contributed by atoms with Crippen LogP contribution in [0.2, 0.25) is 0 Å². The molecule has 1 fully saturated rings. The van der Waals surface area contributed by atoms with Crippen LogP contribution in [0.5, 0.6) is 0 Å². The van der Waals surface area contributed by atoms with Gasteiger partial charge in [0.1, 0.15) is 6.10 Å². The molecule has 0 aliphatic carbocycles. The molecule has 1 N–H and O–H groups in total. The van der Waals surface area contributed by atoms with Gasteiger partial charge in [-0.15, -0.1) is 0 Å². The second-order valence-corrected chi connectivity index (χ2v) is 3.70. The molecule has 0 bridgehead atoms. The summed E-state index contributed by atoms with van der Waals surface area (Å²) in [4.78, 5) is 4.29. The fraction of sp³-hybridized carbons (Fsp3) is 0.545. The first-order chi connectivity index (χ1) is 6.77. The van der Waals surface area contributed by atoms with E-state index in [9.17, 15) is 5.11 Å². The molecule has 1 aromatic rings. The van der Waals surface area contributed by atoms with Crippen LogP contribution in [-0.4, -0.2) is 22.8 Å². The van der Waals surface area contributed by atoms with Crippen molar-refractivity contribution in [2.45, 2.75) is 32.0 Å². The summed E-state index contributed by atoms with van der Waals surface area (Å²) in [6, 6.07) is 5.68. The first-order valence-corrected chi connectivity index (χ1v) is 5.00. The molecule has 76 valence electrons. The summed E-state index contributed by atoms with van der Waals surface area (Å²) < 4.78 is 5.42. The van der Waals surface area contributed by atoms with E-state index in [1.807, 2.05) is 25.1 Å². The minimum Gasteiger partial charge on any atom is -0.384 e. The molecule has 2 rings (SSSR count). The monoisotopic (exact) mass is 193 g/mol. The summed E-state index contributed by atoms with van der Waals surface area (Å²) in [5, 5.41) is 9.96. The molecular weight excluding hydrogens is 178 g/mol. The molecule has 14 heavy (non-hydrogen) atoms. The van der Waals surface area contributed by atoms with E-state index in [0.717, 1.165) is 30.8 Å². The third-order valence-electron chi connectivity index (χ3n) is 2.53. The number of aryl methyl sites for hydroxylation is 1. The van der Waals surface area contributed by atoms with Crippen LogP contribution in [0.3, 0.4) is 0 Å². The number of aliphatic hydroxyl groups excluding tert-OH is 1. The Morgan fingerprint density at radius 2 is 2.43 bits per heavy atom. The van der Waals surface area contributed by atoms with Crippen LogP contribution in [0.1, 0.15) is 30.3 Å². The fourth-order valence-corrected chi connectivity index (χ4v) is 1.77. The van der Waals surface area contributed by atoms with Gasteiger partial charge in [-0.05, 0) is 31.9 Å². The Labute approximate surface area is 83.7 Å². The van der Waals surface area contributed by atoms with Crippen LogP contribution in [0.25, 0.3) is 0 Å². The van der Waals surface area contributed by atoms with Crippen LogP contribution >= 0.6 is 0 Å². The fourth-order valence-electron chi connectivity index (χ4n) is 1.77. The summed E-state index contributed by atoms with van der Waals surface area (Å²) in [6.45, 7) is 2.68. The number of pyridine rings is 1. The quantitative estimate of drug-likeness (QED) is 0.775. The van der Waals surface area contributed by atoms with E-state index >= 15 is 0 Å². The second-order valence-electron chi connectivity index (χ2n) is 3.70. The highest BCUT2D eigenvalue weighted by molar-refractivity contribution is 5.13. The number of ether oxygens (including phenoxy) is 1. The third kappa shape index (κ3) is 1.94. The molecule has 1 unspecified atom stereocenters. The highest BCUT2D eigenvalue weighted by atomic mass is 16.5. The Morgan fingerprint density at radius 1 is 1.57 bits per heavy atom. The SMILES string of the molecule is Cc1cccc(C(O)[C@@H]2CCCO2)n1. The molecule has 2 heterocycles. The average molecular weight is 193 g/mol. The van der Waals surface area contributed by atoms with Crippen molar-refractivity contribution in [3.8, 4) is 0 Å². The first kappa shape index (κ1) is 9.62. The van der Waals surface area contributed by atoms with E-state index in [0.29, 0.717) is 0 Å². The number of aliphatic hydroxyl groups is 1. The van der Waals surface area contributed by atoms with Gasteiger partial charge in [-0.1, -0.05) is 6.07 Å². The molecule has 1 aliphatic rings. The van der Waals surface area contributed by atoms with Gasteiger partial charge in [0.25, 0.3) is 0 Å². The normalized spacial score (nSPS) is 23.7. The maximum atomic E-state index is 9.96. The maximum absolute atomic E-state index is 9.96. The number of hydrogen-bond donors (Lipinski definition) is 1. The molecule has 0 aromatic carbocycles. The van der Waals surface area contributed by atoms with Gasteiger partial charge >= 0.3 is 0 Å². The van der Waals surface area contributed by atoms with Crippen LogP contribution in [0.15, 0.2) is 18.2 Å². The molecule has 0 saturated carbocycles. The third-order valence-corrected chi connectivity index (χ3v) is 2.53. The largest absolute Gasteiger partial charge is 0.384 e. The van der Waals surface area contributed by atoms with Crippen LogP contribution in [0.4, 0.5) is 0 Å². The van der Waals surface area contributed by atoms with Crippen molar-refractivity contribution >= 4 is 0 Å². The van der Waals surface area contributed by atoms with Gasteiger partial charge in [0.15, 0.2) is 0 Å². The van der Waals surface area contributed by atoms with Crippen molar-refractivity contribution in [2.24, 2.45) is 0 Å². The van der Waals surface area contributed by atoms with E-state index in [4.69, 9.17) is 4.74 Å². The van der Waals surface area contributed by atoms with Gasteiger partial charge in [-0.25, -0.2) is 0 Å². The summed E-state index contributed by atoms with van der Waals surface area (Å²) in [5.74, 6) is 0. The van der Waals surface area contributed by atoms with Crippen LogP contribution in [-0.2, 0) is 4.74 Å². The van der Waals surface area contributed by atoms with Crippen LogP contribution in [0, 0.1) is 6.92 Å². The van der Waals surface area contributed by atoms with E-state index in [1.54, 1.807) is 0 Å². The summed E-state index contributed by atoms with van der Waals surface area (Å²) in [7, 11) is 0. The van der Waals surface area contributed by atoms with Crippen molar-refractivity contribution < 1.29 is 9.84 Å². The van der Waals surface area contributed by atoms with Crippen LogP contribution < -0.4 is 0 Å². The van der Waals surface area contributed by atoms with E-state index in [-0.39, 0.29) is 6.10 Å². The lowest BCUT2D eigenvalue weighted by molar-refractivity contribution is -0.00476. The summed E-state index contributed by atoms with van der Waals surface area (Å²) in [5.41, 5.74) is 1.65. The van der Waals surface area contributed by atoms with Crippen molar-refractivity contribution in [1.29, 1.82) is 0 Å². The lowest BCUT2D eigenvalue weighted by Crippen LogP contribution is -2.18. The Hall–Kier alpha value is -0.930. The van der Waals surface area contributed by atoms with E-state index in [2.05, 4.69) is 4.98 Å². The van der Waals surface area contributed by atoms with Gasteiger partial charge < -0.3 is 9.84 Å². The topological polar surface area (TPSA) is 42.4 Å². The molecular formula is C11H15NO2. The van der Waals surface area contributed by atoms with Crippen molar-refractivity contribution in [3.05, 3.63) is 29.6 Å². The van der Waals surface area contributed by atoms with Gasteiger partial charge in [0.05, 0.1) is 11.8 Å². The summed E-state index contributed by atoms with van der Waals surface area (Å²) in [6.07, 6.45) is 1.33. The maximum Gasteiger partial charge on any atom is 0.122 e. The molecule has 0 spiro atoms. The molecule has 0 radical (unpaired) electrons. The minimum atomic E-state index is -0.572. The van der Waals surface area contributed by atoms with Gasteiger partial charge in [0.2, 0.25) is 0 Å². The smallest absolute Gasteiger partial charge is 0.122 e. The number of aromatic nitrogens is 1. The van der Waals surface area contributed by atoms with Crippen molar-refractivity contribution in [3.63, 3.8) is 0 Å². The molecule has 1 aliphatic heterocycles. The lowest BCUT2D eigenvalue weighted by Gasteiger charge is -2.16. The highest BCUT2D eigenvalue weighted by Gasteiger charge is 2.26. The molecule has 2 atom stereocenters. The Morgan fingerprint density at radius 3 is 3.07 bits per heavy atom. The Kier molecular flexibility index (Phi) is 2.79. The van der Waals surface area contributed by atoms with Gasteiger partial charge in [-0.3, -0.25) is 4.98 Å². The van der Waals surface area contributed by atoms with E-state index < -0.39 is 6.10 Å². The zero-order chi connectivity index (χ0) is 9.97. The van der Waals surface area contributed by atoms with Crippen molar-refractivity contribution in [1.82, 2.24) is 4.98 Å². The van der Waals surface area contributed by atoms with Crippen molar-refractivity contribution in [2.75, 3.05) is 6.61 Å². The zero-order valence-corrected chi connectivity index (χ0v) is 8.31. The zero-order valence-electron chi connectivity index (χ0n) is 8.31. The minimum absolute atomic E-state index is 0.0655. The highest BCUT2D eigenvalue weighted by Crippen LogP contribution is 2.25. The predicted molar refractivity (Wildman–Crippen MR) is 52.9 cm³/mol. The van der Waals surface area contributed by atoms with Gasteiger partial charge in [-0.2, -0.15) is 0 Å². The molecule has 1 aromatic heterocycles. The first-order valence-electron chi connectivity index (χ1n) is 5.00. The molecule has 3 nitrogen and oxygen atoms in total. The average Bonchev–Trinajstić information content (AvgIpc) is 2.69. The second kappa shape index (κ2) is 4.07. The predicted octanol–water partition coefficient (Wildman–Crippen LogP) is 1.60. The Bertz CT molecular complexity index is 308. The molecule has 1 saturated heterocycles. The molecule has 0 amide bonds. The number of rotatable bonds is 2. The van der Waals surface area contributed by atoms with Gasteiger partial charge in [0, 0.05) is 12.3 Å². The lowest BCUT2D eigenvalue weighted by atomic mass is 10.1. The summed E-state index contributed by atoms with van der Waals surface area (Å²) >= 11 is 0. The Balaban J connectivity index is 2.13. The molecule has 3 heteroatoms. The number of nitrogens with zero attached hydrogens (tertiary/aromatic N) is 1. The number of hydrogen-bond acceptors (Lipinski definition) is 3. The standard InChI is InChI=1S/C11H15NO2/c1-8-4-2-5-9(12-8)11(13)10-6-3-7-14-10/h2,4-5,10-11,13H,3,6-7H2,1H3/t10-,11?/m0/s1.